The van der Waals surface area contributed by atoms with Gasteiger partial charge in [-0.3, -0.25) is 9.69 Å². The molecule has 0 aliphatic carbocycles. The van der Waals surface area contributed by atoms with Crippen molar-refractivity contribution in [2.75, 3.05) is 20.1 Å². The zero-order chi connectivity index (χ0) is 8.97. The molecule has 0 bridgehead atoms. The number of carbonyl (C=O) groups excluding carboxylic acids is 1. The van der Waals surface area contributed by atoms with Crippen molar-refractivity contribution in [2.24, 2.45) is 0 Å². The third-order valence-corrected chi connectivity index (χ3v) is 2.40. The smallest absolute Gasteiger partial charge is 0.132 e. The maximum absolute atomic E-state index is 10.9. The van der Waals surface area contributed by atoms with Gasteiger partial charge in [0.25, 0.3) is 0 Å². The summed E-state index contributed by atoms with van der Waals surface area (Å²) < 4.78 is 0. The number of Topliss-reactive ketones (excluding diaryl/α,β-unsaturated/α-hetero) is 1. The molecule has 0 amide bonds. The highest BCUT2D eigenvalue weighted by Crippen LogP contribution is 2.12. The quantitative estimate of drug-likeness (QED) is 0.671. The van der Waals surface area contributed by atoms with Crippen molar-refractivity contribution in [2.45, 2.75) is 32.4 Å². The Morgan fingerprint density at radius 1 is 1.50 bits per heavy atom. The largest absolute Gasteiger partial charge is 0.304 e. The van der Waals surface area contributed by atoms with Gasteiger partial charge >= 0.3 is 0 Å². The summed E-state index contributed by atoms with van der Waals surface area (Å²) in [5, 5.41) is 3.18. The number of nitrogens with one attached hydrogen (secondary N) is 1. The van der Waals surface area contributed by atoms with Gasteiger partial charge < -0.3 is 5.32 Å². The van der Waals surface area contributed by atoms with Gasteiger partial charge in [-0.1, -0.05) is 0 Å². The van der Waals surface area contributed by atoms with E-state index < -0.39 is 0 Å². The maximum atomic E-state index is 10.9. The molecule has 70 valence electrons. The van der Waals surface area contributed by atoms with Gasteiger partial charge in [-0.15, -0.1) is 0 Å². The second kappa shape index (κ2) is 4.58. The molecule has 0 aromatic heterocycles. The number of hydrogen-bond acceptors (Lipinski definition) is 3. The Balaban J connectivity index is 2.37. The molecule has 0 radical (unpaired) electrons. The van der Waals surface area contributed by atoms with Gasteiger partial charge in [0.2, 0.25) is 0 Å². The Morgan fingerprint density at radius 2 is 2.08 bits per heavy atom. The van der Waals surface area contributed by atoms with Crippen LogP contribution in [0, 0.1) is 0 Å². The molecular weight excluding hydrogens is 152 g/mol. The SMILES string of the molecule is CNC(CC(C)=O)N1CCCC1. The highest BCUT2D eigenvalue weighted by Gasteiger charge is 2.20. The Labute approximate surface area is 74.1 Å². The molecule has 1 rings (SSSR count). The van der Waals surface area contributed by atoms with Crippen molar-refractivity contribution in [3.05, 3.63) is 0 Å². The van der Waals surface area contributed by atoms with Crippen LogP contribution in [0.3, 0.4) is 0 Å². The Bertz CT molecular complexity index is 153. The molecule has 0 aromatic carbocycles. The molecule has 0 aromatic rings. The second-order valence-corrected chi connectivity index (χ2v) is 3.45. The van der Waals surface area contributed by atoms with E-state index in [2.05, 4.69) is 10.2 Å². The van der Waals surface area contributed by atoms with Crippen molar-refractivity contribution in [1.29, 1.82) is 0 Å². The minimum Gasteiger partial charge on any atom is -0.304 e. The van der Waals surface area contributed by atoms with Gasteiger partial charge in [0.05, 0.1) is 6.17 Å². The summed E-state index contributed by atoms with van der Waals surface area (Å²) in [5.74, 6) is 0.265. The van der Waals surface area contributed by atoms with Crippen LogP contribution in [0.1, 0.15) is 26.2 Å². The number of hydrogen-bond donors (Lipinski definition) is 1. The first-order valence-corrected chi connectivity index (χ1v) is 4.65. The molecule has 3 heteroatoms. The molecule has 1 aliphatic heterocycles. The first-order valence-electron chi connectivity index (χ1n) is 4.65. The van der Waals surface area contributed by atoms with Crippen LogP contribution in [0.2, 0.25) is 0 Å². The molecule has 0 spiro atoms. The van der Waals surface area contributed by atoms with Crippen molar-refractivity contribution in [3.8, 4) is 0 Å². The summed E-state index contributed by atoms with van der Waals surface area (Å²) in [6, 6.07) is 0. The zero-order valence-corrected chi connectivity index (χ0v) is 7.97. The van der Waals surface area contributed by atoms with Gasteiger partial charge in [-0.2, -0.15) is 0 Å². The van der Waals surface area contributed by atoms with E-state index >= 15 is 0 Å². The molecular formula is C9H18N2O. The number of ketones is 1. The van der Waals surface area contributed by atoms with E-state index in [0.717, 1.165) is 13.1 Å². The topological polar surface area (TPSA) is 32.3 Å². The number of carbonyl (C=O) groups is 1. The standard InChI is InChI=1S/C9H18N2O/c1-8(12)7-9(10-2)11-5-3-4-6-11/h9-10H,3-7H2,1-2H3. The molecule has 12 heavy (non-hydrogen) atoms. The molecule has 1 fully saturated rings. The summed E-state index contributed by atoms with van der Waals surface area (Å²) in [7, 11) is 1.92. The van der Waals surface area contributed by atoms with Crippen molar-refractivity contribution in [1.82, 2.24) is 10.2 Å². The summed E-state index contributed by atoms with van der Waals surface area (Å²) in [6.07, 6.45) is 3.45. The summed E-state index contributed by atoms with van der Waals surface area (Å²) in [6.45, 7) is 3.93. The lowest BCUT2D eigenvalue weighted by Gasteiger charge is -2.25. The third kappa shape index (κ3) is 2.57. The Hall–Kier alpha value is -0.410. The van der Waals surface area contributed by atoms with Crippen molar-refractivity contribution in [3.63, 3.8) is 0 Å². The van der Waals surface area contributed by atoms with Crippen LogP contribution in [0.5, 0.6) is 0 Å². The number of nitrogens with zero attached hydrogens (tertiary/aromatic N) is 1. The van der Waals surface area contributed by atoms with E-state index in [0.29, 0.717) is 6.42 Å². The van der Waals surface area contributed by atoms with Crippen LogP contribution < -0.4 is 5.32 Å². The van der Waals surface area contributed by atoms with Crippen LogP contribution in [0.25, 0.3) is 0 Å². The average molecular weight is 170 g/mol. The fourth-order valence-electron chi connectivity index (χ4n) is 1.74. The van der Waals surface area contributed by atoms with Gasteiger partial charge in [-0.25, -0.2) is 0 Å². The maximum Gasteiger partial charge on any atom is 0.132 e. The van der Waals surface area contributed by atoms with E-state index in [-0.39, 0.29) is 11.9 Å². The fourth-order valence-corrected chi connectivity index (χ4v) is 1.74. The van der Waals surface area contributed by atoms with E-state index in [1.807, 2.05) is 7.05 Å². The summed E-state index contributed by atoms with van der Waals surface area (Å²) in [4.78, 5) is 13.3. The van der Waals surface area contributed by atoms with Crippen LogP contribution in [0.4, 0.5) is 0 Å². The van der Waals surface area contributed by atoms with E-state index in [9.17, 15) is 4.79 Å². The molecule has 1 saturated heterocycles. The van der Waals surface area contributed by atoms with Crippen LogP contribution in [-0.2, 0) is 4.79 Å². The zero-order valence-electron chi connectivity index (χ0n) is 7.97. The molecule has 3 nitrogen and oxygen atoms in total. The van der Waals surface area contributed by atoms with E-state index in [1.165, 1.54) is 12.8 Å². The van der Waals surface area contributed by atoms with Crippen LogP contribution >= 0.6 is 0 Å². The summed E-state index contributed by atoms with van der Waals surface area (Å²) in [5.41, 5.74) is 0. The molecule has 1 unspecified atom stereocenters. The van der Waals surface area contributed by atoms with Crippen molar-refractivity contribution >= 4 is 5.78 Å². The Morgan fingerprint density at radius 3 is 2.50 bits per heavy atom. The second-order valence-electron chi connectivity index (χ2n) is 3.45. The molecule has 1 heterocycles. The Kier molecular flexibility index (Phi) is 3.69. The minimum atomic E-state index is 0.265. The molecule has 1 atom stereocenters. The number of likely N-dealkylation sites (tertiary alicyclic amines) is 1. The van der Waals surface area contributed by atoms with Gasteiger partial charge in [0.15, 0.2) is 0 Å². The number of rotatable bonds is 4. The normalized spacial score (nSPS) is 21.2. The molecule has 0 saturated carbocycles. The van der Waals surface area contributed by atoms with Gasteiger partial charge in [0, 0.05) is 6.42 Å². The van der Waals surface area contributed by atoms with Gasteiger partial charge in [0.1, 0.15) is 5.78 Å². The predicted molar refractivity (Wildman–Crippen MR) is 49.0 cm³/mol. The molecule has 1 aliphatic rings. The summed E-state index contributed by atoms with van der Waals surface area (Å²) >= 11 is 0. The van der Waals surface area contributed by atoms with Crippen molar-refractivity contribution < 1.29 is 4.79 Å². The fraction of sp³-hybridized carbons (Fsp3) is 0.889. The molecule has 1 N–H and O–H groups in total. The first kappa shape index (κ1) is 9.68. The van der Waals surface area contributed by atoms with Gasteiger partial charge in [-0.05, 0) is 39.9 Å². The third-order valence-electron chi connectivity index (χ3n) is 2.40. The average Bonchev–Trinajstić information content (AvgIpc) is 2.51. The van der Waals surface area contributed by atoms with Crippen LogP contribution in [0.15, 0.2) is 0 Å². The van der Waals surface area contributed by atoms with Crippen LogP contribution in [-0.4, -0.2) is 37.0 Å². The lowest BCUT2D eigenvalue weighted by atomic mass is 10.2. The lowest BCUT2D eigenvalue weighted by Crippen LogP contribution is -2.43. The highest BCUT2D eigenvalue weighted by molar-refractivity contribution is 5.76. The minimum absolute atomic E-state index is 0.265. The first-order chi connectivity index (χ1) is 5.74. The highest BCUT2D eigenvalue weighted by atomic mass is 16.1. The predicted octanol–water partition coefficient (Wildman–Crippen LogP) is 0.607. The van der Waals surface area contributed by atoms with E-state index in [4.69, 9.17) is 0 Å². The monoisotopic (exact) mass is 170 g/mol. The lowest BCUT2D eigenvalue weighted by molar-refractivity contribution is -0.118. The van der Waals surface area contributed by atoms with E-state index in [1.54, 1.807) is 6.92 Å².